The molecule has 1 atom stereocenters. The van der Waals surface area contributed by atoms with Crippen LogP contribution in [-0.2, 0) is 7.05 Å². The minimum Gasteiger partial charge on any atom is -0.384 e. The van der Waals surface area contributed by atoms with E-state index in [4.69, 9.17) is 34.8 Å². The summed E-state index contributed by atoms with van der Waals surface area (Å²) in [5, 5.41) is 13.5. The normalized spacial score (nSPS) is 14.6. The van der Waals surface area contributed by atoms with Crippen molar-refractivity contribution in [3.05, 3.63) is 17.5 Å². The van der Waals surface area contributed by atoms with Gasteiger partial charge in [-0.1, -0.05) is 34.8 Å². The Labute approximate surface area is 91.2 Å². The SMILES string of the molecule is Cc1c([C@H](O)C(Cl)(Cl)Cl)cnn1C. The number of aryl methyl sites for hydroxylation is 1. The minimum absolute atomic E-state index is 0.530. The molecule has 1 rings (SSSR count). The second-order valence-corrected chi connectivity index (χ2v) is 5.12. The highest BCUT2D eigenvalue weighted by Gasteiger charge is 2.34. The minimum atomic E-state index is -1.71. The van der Waals surface area contributed by atoms with Crippen LogP contribution in [0.3, 0.4) is 0 Å². The maximum absolute atomic E-state index is 9.60. The van der Waals surface area contributed by atoms with Gasteiger partial charge < -0.3 is 5.11 Å². The third-order valence-corrected chi connectivity index (χ3v) is 2.50. The topological polar surface area (TPSA) is 38.1 Å². The summed E-state index contributed by atoms with van der Waals surface area (Å²) in [5.74, 6) is 0. The Morgan fingerprint density at radius 2 is 2.08 bits per heavy atom. The zero-order valence-corrected chi connectivity index (χ0v) is 9.40. The van der Waals surface area contributed by atoms with Gasteiger partial charge in [0, 0.05) is 18.3 Å². The highest BCUT2D eigenvalue weighted by atomic mass is 35.6. The fourth-order valence-electron chi connectivity index (χ4n) is 0.960. The first-order chi connectivity index (χ1) is 5.84. The molecule has 6 heteroatoms. The van der Waals surface area contributed by atoms with Crippen molar-refractivity contribution in [1.29, 1.82) is 0 Å². The van der Waals surface area contributed by atoms with Crippen LogP contribution >= 0.6 is 34.8 Å². The van der Waals surface area contributed by atoms with Gasteiger partial charge in [0.1, 0.15) is 6.10 Å². The van der Waals surface area contributed by atoms with Crippen molar-refractivity contribution in [3.63, 3.8) is 0 Å². The quantitative estimate of drug-likeness (QED) is 0.768. The predicted molar refractivity (Wildman–Crippen MR) is 53.2 cm³/mol. The zero-order valence-electron chi connectivity index (χ0n) is 7.13. The lowest BCUT2D eigenvalue weighted by Crippen LogP contribution is -2.17. The molecule has 3 nitrogen and oxygen atoms in total. The number of hydrogen-bond acceptors (Lipinski definition) is 2. The Kier molecular flexibility index (Phi) is 3.12. The molecule has 0 radical (unpaired) electrons. The second kappa shape index (κ2) is 3.65. The van der Waals surface area contributed by atoms with Crippen LogP contribution in [0, 0.1) is 6.92 Å². The Morgan fingerprint density at radius 3 is 2.38 bits per heavy atom. The molecule has 0 amide bonds. The molecule has 0 aliphatic rings. The van der Waals surface area contributed by atoms with Crippen molar-refractivity contribution in [1.82, 2.24) is 9.78 Å². The van der Waals surface area contributed by atoms with Gasteiger partial charge in [0.2, 0.25) is 3.79 Å². The van der Waals surface area contributed by atoms with Crippen LogP contribution in [0.4, 0.5) is 0 Å². The Morgan fingerprint density at radius 1 is 1.54 bits per heavy atom. The van der Waals surface area contributed by atoms with E-state index in [-0.39, 0.29) is 0 Å². The third-order valence-electron chi connectivity index (χ3n) is 1.88. The molecule has 0 fully saturated rings. The van der Waals surface area contributed by atoms with E-state index >= 15 is 0 Å². The molecular formula is C7H9Cl3N2O. The smallest absolute Gasteiger partial charge is 0.220 e. The van der Waals surface area contributed by atoms with Gasteiger partial charge in [0.25, 0.3) is 0 Å². The van der Waals surface area contributed by atoms with Crippen molar-refractivity contribution < 1.29 is 5.11 Å². The molecular weight excluding hydrogens is 234 g/mol. The van der Waals surface area contributed by atoms with Gasteiger partial charge >= 0.3 is 0 Å². The van der Waals surface area contributed by atoms with E-state index in [9.17, 15) is 5.11 Å². The van der Waals surface area contributed by atoms with Crippen LogP contribution < -0.4 is 0 Å². The number of nitrogens with zero attached hydrogens (tertiary/aromatic N) is 2. The van der Waals surface area contributed by atoms with Gasteiger partial charge in [-0.15, -0.1) is 0 Å². The molecule has 13 heavy (non-hydrogen) atoms. The van der Waals surface area contributed by atoms with Crippen molar-refractivity contribution in [2.24, 2.45) is 7.05 Å². The number of aliphatic hydroxyl groups is 1. The maximum Gasteiger partial charge on any atom is 0.220 e. The summed E-state index contributed by atoms with van der Waals surface area (Å²) in [6.45, 7) is 1.79. The average Bonchev–Trinajstić information content (AvgIpc) is 2.30. The molecule has 0 saturated heterocycles. The number of hydrogen-bond donors (Lipinski definition) is 1. The number of alkyl halides is 3. The van der Waals surface area contributed by atoms with E-state index in [1.807, 2.05) is 0 Å². The molecule has 1 N–H and O–H groups in total. The molecule has 0 unspecified atom stereocenters. The van der Waals surface area contributed by atoms with Crippen LogP contribution in [0.25, 0.3) is 0 Å². The van der Waals surface area contributed by atoms with Gasteiger partial charge in [-0.2, -0.15) is 5.10 Å². The molecule has 0 saturated carbocycles. The lowest BCUT2D eigenvalue weighted by molar-refractivity contribution is 0.181. The maximum atomic E-state index is 9.60. The van der Waals surface area contributed by atoms with Gasteiger partial charge in [0.05, 0.1) is 6.20 Å². The first kappa shape index (κ1) is 11.1. The monoisotopic (exact) mass is 242 g/mol. The van der Waals surface area contributed by atoms with Crippen LogP contribution in [0.1, 0.15) is 17.4 Å². The molecule has 1 aromatic heterocycles. The highest BCUT2D eigenvalue weighted by molar-refractivity contribution is 6.68. The lowest BCUT2D eigenvalue weighted by Gasteiger charge is -2.18. The van der Waals surface area contributed by atoms with Gasteiger partial charge in [0.15, 0.2) is 0 Å². The second-order valence-electron chi connectivity index (χ2n) is 2.75. The summed E-state index contributed by atoms with van der Waals surface area (Å²) >= 11 is 16.6. The van der Waals surface area contributed by atoms with Gasteiger partial charge in [-0.05, 0) is 6.92 Å². The Balaban J connectivity index is 3.02. The summed E-state index contributed by atoms with van der Waals surface area (Å²) in [6.07, 6.45) is 0.341. The lowest BCUT2D eigenvalue weighted by atomic mass is 10.2. The van der Waals surface area contributed by atoms with Crippen LogP contribution in [0.15, 0.2) is 6.20 Å². The standard InChI is InChI=1S/C7H9Cl3N2O/c1-4-5(3-11-12(4)2)6(13)7(8,9)10/h3,6,13H,1-2H3/t6-/m0/s1. The molecule has 1 aromatic rings. The van der Waals surface area contributed by atoms with E-state index in [1.165, 1.54) is 6.20 Å². The van der Waals surface area contributed by atoms with Crippen molar-refractivity contribution in [3.8, 4) is 0 Å². The Bertz CT molecular complexity index is 305. The molecule has 1 heterocycles. The average molecular weight is 244 g/mol. The van der Waals surface area contributed by atoms with Crippen LogP contribution in [0.2, 0.25) is 0 Å². The van der Waals surface area contributed by atoms with Crippen molar-refractivity contribution in [2.75, 3.05) is 0 Å². The van der Waals surface area contributed by atoms with Crippen molar-refractivity contribution in [2.45, 2.75) is 16.8 Å². The highest BCUT2D eigenvalue weighted by Crippen LogP contribution is 2.40. The predicted octanol–water partition coefficient (Wildman–Crippen LogP) is 2.13. The number of rotatable bonds is 1. The molecule has 0 aliphatic carbocycles. The van der Waals surface area contributed by atoms with E-state index in [0.29, 0.717) is 5.56 Å². The molecule has 74 valence electrons. The number of aliphatic hydroxyl groups excluding tert-OH is 1. The Hall–Kier alpha value is 0.0400. The zero-order chi connectivity index (χ0) is 10.2. The first-order valence-electron chi connectivity index (χ1n) is 3.57. The third kappa shape index (κ3) is 2.29. The summed E-state index contributed by atoms with van der Waals surface area (Å²) < 4.78 is -0.108. The molecule has 0 aromatic carbocycles. The molecule has 0 bridgehead atoms. The van der Waals surface area contributed by atoms with Gasteiger partial charge in [-0.3, -0.25) is 4.68 Å². The van der Waals surface area contributed by atoms with Crippen LogP contribution in [-0.4, -0.2) is 18.7 Å². The molecule has 0 aliphatic heterocycles. The largest absolute Gasteiger partial charge is 0.384 e. The van der Waals surface area contributed by atoms with Crippen LogP contribution in [0.5, 0.6) is 0 Å². The fourth-order valence-corrected chi connectivity index (χ4v) is 1.31. The first-order valence-corrected chi connectivity index (χ1v) is 4.70. The number of halogens is 3. The van der Waals surface area contributed by atoms with E-state index in [2.05, 4.69) is 5.10 Å². The summed E-state index contributed by atoms with van der Waals surface area (Å²) in [4.78, 5) is 0. The van der Waals surface area contributed by atoms with E-state index in [1.54, 1.807) is 18.7 Å². The number of aromatic nitrogens is 2. The van der Waals surface area contributed by atoms with E-state index in [0.717, 1.165) is 5.69 Å². The van der Waals surface area contributed by atoms with E-state index < -0.39 is 9.90 Å². The van der Waals surface area contributed by atoms with Gasteiger partial charge in [-0.25, -0.2) is 0 Å². The summed E-state index contributed by atoms with van der Waals surface area (Å²) in [7, 11) is 1.75. The summed E-state index contributed by atoms with van der Waals surface area (Å²) in [5.41, 5.74) is 1.31. The summed E-state index contributed by atoms with van der Waals surface area (Å²) in [6, 6.07) is 0. The van der Waals surface area contributed by atoms with Crippen molar-refractivity contribution >= 4 is 34.8 Å². The fraction of sp³-hybridized carbons (Fsp3) is 0.571. The molecule has 0 spiro atoms.